The minimum absolute atomic E-state index is 0.0558. The van der Waals surface area contributed by atoms with Crippen LogP contribution in [0.15, 0.2) is 60.7 Å². The van der Waals surface area contributed by atoms with E-state index in [4.69, 9.17) is 21.1 Å². The van der Waals surface area contributed by atoms with Crippen molar-refractivity contribution in [2.24, 2.45) is 5.41 Å². The summed E-state index contributed by atoms with van der Waals surface area (Å²) < 4.78 is 10.5. The first-order valence-electron chi connectivity index (χ1n) is 12.4. The highest BCUT2D eigenvalue weighted by Gasteiger charge is 2.36. The summed E-state index contributed by atoms with van der Waals surface area (Å²) in [6.07, 6.45) is 1.91. The molecule has 202 valence electrons. The van der Waals surface area contributed by atoms with Crippen molar-refractivity contribution in [3.63, 3.8) is 0 Å². The van der Waals surface area contributed by atoms with Crippen LogP contribution < -0.4 is 20.5 Å². The van der Waals surface area contributed by atoms with E-state index in [0.717, 1.165) is 16.9 Å². The second-order valence-electron chi connectivity index (χ2n) is 9.27. The molecule has 2 N–H and O–H groups in total. The summed E-state index contributed by atoms with van der Waals surface area (Å²) in [5.74, 6) is 0.246. The van der Waals surface area contributed by atoms with Crippen molar-refractivity contribution >= 4 is 29.2 Å². The fraction of sp³-hybridized carbons (Fsp3) is 0.321. The van der Waals surface area contributed by atoms with Crippen LogP contribution in [0.2, 0.25) is 5.02 Å². The van der Waals surface area contributed by atoms with Gasteiger partial charge in [0.1, 0.15) is 12.4 Å². The van der Waals surface area contributed by atoms with Crippen LogP contribution in [0, 0.1) is 16.7 Å². The Labute approximate surface area is 231 Å². The fourth-order valence-corrected chi connectivity index (χ4v) is 4.53. The van der Waals surface area contributed by atoms with Gasteiger partial charge in [-0.1, -0.05) is 41.9 Å². The molecule has 0 aliphatic carbocycles. The molecule has 1 aliphatic heterocycles. The van der Waals surface area contributed by atoms with Crippen molar-refractivity contribution in [2.45, 2.75) is 25.9 Å². The normalized spacial score (nSPS) is 14.2. The number of hydrazine groups is 1. The van der Waals surface area contributed by atoms with Gasteiger partial charge in [-0.05, 0) is 60.7 Å². The van der Waals surface area contributed by atoms with Gasteiger partial charge in [0.05, 0.1) is 25.2 Å². The van der Waals surface area contributed by atoms with Crippen LogP contribution in [0.1, 0.15) is 34.5 Å². The average molecular weight is 549 g/mol. The molecule has 0 unspecified atom stereocenters. The molecule has 39 heavy (non-hydrogen) atoms. The largest absolute Gasteiger partial charge is 0.497 e. The number of methoxy groups -OCH3 is 1. The zero-order valence-corrected chi connectivity index (χ0v) is 22.3. The van der Waals surface area contributed by atoms with Crippen LogP contribution in [0.4, 0.5) is 5.82 Å². The van der Waals surface area contributed by atoms with Gasteiger partial charge in [-0.3, -0.25) is 20.4 Å². The maximum absolute atomic E-state index is 12.4. The Hall–Kier alpha value is -4.20. The third kappa shape index (κ3) is 7.44. The van der Waals surface area contributed by atoms with E-state index >= 15 is 0 Å². The maximum Gasteiger partial charge on any atom is 0.290 e. The van der Waals surface area contributed by atoms with Crippen molar-refractivity contribution in [1.29, 1.82) is 5.26 Å². The molecule has 1 fully saturated rings. The minimum atomic E-state index is -0.598. The minimum Gasteiger partial charge on any atom is -0.497 e. The van der Waals surface area contributed by atoms with Gasteiger partial charge in [0.15, 0.2) is 11.5 Å². The third-order valence-electron chi connectivity index (χ3n) is 6.63. The number of nitrogens with one attached hydrogen (secondary N) is 2. The van der Waals surface area contributed by atoms with Crippen LogP contribution in [0.5, 0.6) is 5.75 Å². The molecule has 1 saturated heterocycles. The summed E-state index contributed by atoms with van der Waals surface area (Å²) in [6.45, 7) is 1.27. The Morgan fingerprint density at radius 1 is 1.05 bits per heavy atom. The number of aromatic nitrogens is 2. The SMILES string of the molecule is COc1ccc(COCC(=O)NNC(=O)c2ccc(N3CCC(C#N)(Cc4ccccc4Cl)CC3)nn2)cc1. The highest BCUT2D eigenvalue weighted by molar-refractivity contribution is 6.31. The van der Waals surface area contributed by atoms with Crippen molar-refractivity contribution in [3.05, 3.63) is 82.5 Å². The molecular weight excluding hydrogens is 520 g/mol. The smallest absolute Gasteiger partial charge is 0.290 e. The molecule has 11 heteroatoms. The summed E-state index contributed by atoms with van der Waals surface area (Å²) in [6, 6.07) is 20.7. The van der Waals surface area contributed by atoms with Gasteiger partial charge in [0.25, 0.3) is 11.8 Å². The number of carbonyl (C=O) groups excluding carboxylic acids is 2. The first-order chi connectivity index (χ1) is 18.9. The van der Waals surface area contributed by atoms with Gasteiger partial charge in [-0.2, -0.15) is 5.26 Å². The molecule has 2 heterocycles. The zero-order chi connectivity index (χ0) is 27.7. The Kier molecular flexibility index (Phi) is 9.31. The Balaban J connectivity index is 1.21. The monoisotopic (exact) mass is 548 g/mol. The van der Waals surface area contributed by atoms with Gasteiger partial charge in [0, 0.05) is 18.1 Å². The number of hydrogen-bond donors (Lipinski definition) is 2. The van der Waals surface area contributed by atoms with Crippen LogP contribution in [-0.2, 0) is 22.6 Å². The van der Waals surface area contributed by atoms with E-state index in [1.807, 2.05) is 41.3 Å². The lowest BCUT2D eigenvalue weighted by atomic mass is 9.75. The molecule has 1 aromatic heterocycles. The number of piperidine rings is 1. The van der Waals surface area contributed by atoms with E-state index in [1.165, 1.54) is 0 Å². The number of amides is 2. The highest BCUT2D eigenvalue weighted by atomic mass is 35.5. The quantitative estimate of drug-likeness (QED) is 0.389. The second kappa shape index (κ2) is 13.0. The predicted molar refractivity (Wildman–Crippen MR) is 145 cm³/mol. The molecule has 0 saturated carbocycles. The zero-order valence-electron chi connectivity index (χ0n) is 21.5. The van der Waals surface area contributed by atoms with Gasteiger partial charge in [-0.25, -0.2) is 0 Å². The molecule has 4 rings (SSSR count). The number of hydrogen-bond acceptors (Lipinski definition) is 8. The molecule has 2 amide bonds. The van der Waals surface area contributed by atoms with Crippen LogP contribution in [0.25, 0.3) is 0 Å². The molecule has 10 nitrogen and oxygen atoms in total. The lowest BCUT2D eigenvalue weighted by molar-refractivity contribution is -0.126. The first-order valence-corrected chi connectivity index (χ1v) is 12.8. The molecular formula is C28H29ClN6O4. The number of carbonyl (C=O) groups is 2. The van der Waals surface area contributed by atoms with Crippen molar-refractivity contribution in [1.82, 2.24) is 21.0 Å². The topological polar surface area (TPSA) is 129 Å². The average Bonchev–Trinajstić information content (AvgIpc) is 2.98. The molecule has 0 radical (unpaired) electrons. The van der Waals surface area contributed by atoms with Crippen LogP contribution in [0.3, 0.4) is 0 Å². The van der Waals surface area contributed by atoms with Gasteiger partial charge < -0.3 is 14.4 Å². The third-order valence-corrected chi connectivity index (χ3v) is 7.00. The van der Waals surface area contributed by atoms with Gasteiger partial charge in [0.2, 0.25) is 0 Å². The molecule has 0 atom stereocenters. The number of nitriles is 1. The highest BCUT2D eigenvalue weighted by Crippen LogP contribution is 2.37. The fourth-order valence-electron chi connectivity index (χ4n) is 4.32. The van der Waals surface area contributed by atoms with E-state index in [9.17, 15) is 14.9 Å². The van der Waals surface area contributed by atoms with E-state index in [2.05, 4.69) is 27.1 Å². The number of ether oxygens (including phenoxy) is 2. The van der Waals surface area contributed by atoms with E-state index in [0.29, 0.717) is 43.2 Å². The predicted octanol–water partition coefficient (Wildman–Crippen LogP) is 3.47. The number of rotatable bonds is 9. The van der Waals surface area contributed by atoms with E-state index < -0.39 is 17.2 Å². The van der Waals surface area contributed by atoms with Gasteiger partial charge >= 0.3 is 0 Å². The Morgan fingerprint density at radius 2 is 1.79 bits per heavy atom. The number of benzene rings is 2. The Bertz CT molecular complexity index is 1320. The van der Waals surface area contributed by atoms with Crippen LogP contribution >= 0.6 is 11.6 Å². The summed E-state index contributed by atoms with van der Waals surface area (Å²) in [4.78, 5) is 26.4. The van der Waals surface area contributed by atoms with Crippen molar-refractivity contribution in [3.8, 4) is 11.8 Å². The molecule has 3 aromatic rings. The van der Waals surface area contributed by atoms with E-state index in [-0.39, 0.29) is 18.9 Å². The molecule has 0 bridgehead atoms. The van der Waals surface area contributed by atoms with Gasteiger partial charge in [-0.15, -0.1) is 10.2 Å². The standard InChI is InChI=1S/C28H29ClN6O4/c1-38-22-8-6-20(7-9-22)17-39-18-26(36)33-34-27(37)24-10-11-25(32-31-24)35-14-12-28(19-30,13-15-35)16-21-4-2-3-5-23(21)29/h2-11H,12-18H2,1H3,(H,33,36)(H,34,37). The number of anilines is 1. The summed E-state index contributed by atoms with van der Waals surface area (Å²) in [7, 11) is 1.59. The van der Waals surface area contributed by atoms with Crippen molar-refractivity contribution < 1.29 is 19.1 Å². The Morgan fingerprint density at radius 3 is 2.44 bits per heavy atom. The van der Waals surface area contributed by atoms with Crippen LogP contribution in [-0.4, -0.2) is 48.8 Å². The van der Waals surface area contributed by atoms with Crippen molar-refractivity contribution in [2.75, 3.05) is 31.7 Å². The molecule has 0 spiro atoms. The number of halogens is 1. The first kappa shape index (κ1) is 27.8. The molecule has 1 aliphatic rings. The number of nitrogens with zero attached hydrogens (tertiary/aromatic N) is 4. The lowest BCUT2D eigenvalue weighted by Gasteiger charge is -2.38. The summed E-state index contributed by atoms with van der Waals surface area (Å²) in [5.41, 5.74) is 6.03. The summed E-state index contributed by atoms with van der Waals surface area (Å²) in [5, 5.41) is 18.8. The second-order valence-corrected chi connectivity index (χ2v) is 9.67. The summed E-state index contributed by atoms with van der Waals surface area (Å²) >= 11 is 6.32. The maximum atomic E-state index is 12.4. The molecule has 2 aromatic carbocycles. The van der Waals surface area contributed by atoms with E-state index in [1.54, 1.807) is 31.4 Å². The lowest BCUT2D eigenvalue weighted by Crippen LogP contribution is -2.44.